The van der Waals surface area contributed by atoms with Crippen molar-refractivity contribution in [2.45, 2.75) is 18.7 Å². The Morgan fingerprint density at radius 2 is 1.94 bits per heavy atom. The van der Waals surface area contributed by atoms with Crippen molar-refractivity contribution in [3.63, 3.8) is 0 Å². The van der Waals surface area contributed by atoms with Crippen LogP contribution >= 0.6 is 11.5 Å². The second kappa shape index (κ2) is 8.41. The highest BCUT2D eigenvalue weighted by molar-refractivity contribution is 7.93. The quantitative estimate of drug-likeness (QED) is 0.455. The second-order valence-corrected chi connectivity index (χ2v) is 9.49. The number of nitrogens with zero attached hydrogens (tertiary/aromatic N) is 5. The van der Waals surface area contributed by atoms with Crippen molar-refractivity contribution >= 4 is 26.7 Å². The Hall–Kier alpha value is -3.75. The van der Waals surface area contributed by atoms with Gasteiger partial charge in [0, 0.05) is 24.1 Å². The predicted octanol–water partition coefficient (Wildman–Crippen LogP) is 4.02. The molecule has 0 aliphatic rings. The van der Waals surface area contributed by atoms with Crippen molar-refractivity contribution in [1.82, 2.24) is 19.1 Å². The molecule has 9 nitrogen and oxygen atoms in total. The first-order valence-electron chi connectivity index (χ1n) is 9.39. The Kier molecular flexibility index (Phi) is 5.65. The molecule has 2 heterocycles. The van der Waals surface area contributed by atoms with E-state index in [9.17, 15) is 13.7 Å². The highest BCUT2D eigenvalue weighted by Gasteiger charge is 2.20. The molecule has 2 aromatic heterocycles. The lowest BCUT2D eigenvalue weighted by molar-refractivity contribution is 0.481. The lowest BCUT2D eigenvalue weighted by Crippen LogP contribution is -2.13. The summed E-state index contributed by atoms with van der Waals surface area (Å²) in [5.74, 6) is 0.772. The molecular weight excluding hydrogens is 448 g/mol. The number of aryl methyl sites for hydroxylation is 3. The zero-order valence-electron chi connectivity index (χ0n) is 17.4. The van der Waals surface area contributed by atoms with Crippen LogP contribution in [0.4, 0.5) is 5.13 Å². The molecule has 32 heavy (non-hydrogen) atoms. The van der Waals surface area contributed by atoms with E-state index in [-0.39, 0.29) is 21.3 Å². The number of ether oxygens (including phenoxy) is 1. The van der Waals surface area contributed by atoms with Crippen LogP contribution < -0.4 is 9.46 Å². The van der Waals surface area contributed by atoms with Gasteiger partial charge in [-0.05, 0) is 49.7 Å². The predicted molar refractivity (Wildman–Crippen MR) is 120 cm³/mol. The lowest BCUT2D eigenvalue weighted by atomic mass is 10.0. The molecule has 0 fully saturated rings. The summed E-state index contributed by atoms with van der Waals surface area (Å²) in [4.78, 5) is 3.74. The van der Waals surface area contributed by atoms with Crippen LogP contribution in [0.25, 0.3) is 11.3 Å². The average Bonchev–Trinajstić information content (AvgIpc) is 3.38. The Balaban J connectivity index is 1.72. The number of benzene rings is 2. The fourth-order valence-corrected chi connectivity index (χ4v) is 4.90. The molecule has 0 spiro atoms. The van der Waals surface area contributed by atoms with Crippen LogP contribution in [0.2, 0.25) is 0 Å². The van der Waals surface area contributed by atoms with Gasteiger partial charge in [-0.2, -0.15) is 14.7 Å². The molecule has 0 saturated heterocycles. The van der Waals surface area contributed by atoms with Crippen LogP contribution in [0.3, 0.4) is 0 Å². The molecule has 4 aromatic rings. The number of nitriles is 1. The molecule has 0 aliphatic carbocycles. The minimum absolute atomic E-state index is 0.0804. The first-order valence-corrected chi connectivity index (χ1v) is 11.7. The van der Waals surface area contributed by atoms with Crippen LogP contribution in [0.1, 0.15) is 16.7 Å². The maximum atomic E-state index is 12.6. The zero-order valence-corrected chi connectivity index (χ0v) is 19.0. The van der Waals surface area contributed by atoms with Crippen LogP contribution in [0.5, 0.6) is 11.5 Å². The van der Waals surface area contributed by atoms with Gasteiger partial charge in [0.25, 0.3) is 10.0 Å². The fourth-order valence-electron chi connectivity index (χ4n) is 3.21. The molecule has 0 saturated carbocycles. The summed E-state index contributed by atoms with van der Waals surface area (Å²) < 4.78 is 39.2. The topological polar surface area (TPSA) is 123 Å². The van der Waals surface area contributed by atoms with Gasteiger partial charge in [-0.25, -0.2) is 13.4 Å². The van der Waals surface area contributed by atoms with E-state index in [1.165, 1.54) is 24.5 Å². The molecule has 1 N–H and O–H groups in total. The van der Waals surface area contributed by atoms with E-state index < -0.39 is 10.0 Å². The Bertz CT molecular complexity index is 1420. The summed E-state index contributed by atoms with van der Waals surface area (Å²) in [5.41, 5.74) is 3.81. The van der Waals surface area contributed by atoms with Gasteiger partial charge in [0.1, 0.15) is 23.9 Å². The van der Waals surface area contributed by atoms with Gasteiger partial charge < -0.3 is 4.74 Å². The van der Waals surface area contributed by atoms with Crippen LogP contribution in [-0.2, 0) is 17.1 Å². The molecule has 0 unspecified atom stereocenters. The summed E-state index contributed by atoms with van der Waals surface area (Å²) in [5, 5.41) is 14.1. The van der Waals surface area contributed by atoms with E-state index in [2.05, 4.69) is 19.2 Å². The van der Waals surface area contributed by atoms with Gasteiger partial charge in [-0.3, -0.25) is 9.40 Å². The van der Waals surface area contributed by atoms with E-state index in [1.54, 1.807) is 10.9 Å². The fraction of sp³-hybridized carbons (Fsp3) is 0.143. The van der Waals surface area contributed by atoms with Crippen LogP contribution in [0.15, 0.2) is 53.8 Å². The van der Waals surface area contributed by atoms with Gasteiger partial charge in [0.05, 0.1) is 22.3 Å². The molecule has 0 aliphatic heterocycles. The van der Waals surface area contributed by atoms with Crippen molar-refractivity contribution in [2.75, 3.05) is 4.72 Å². The molecule has 0 atom stereocenters. The maximum Gasteiger partial charge on any atom is 0.263 e. The number of rotatable bonds is 6. The smallest absolute Gasteiger partial charge is 0.263 e. The number of hydrogen-bond donors (Lipinski definition) is 1. The number of aromatic nitrogens is 4. The summed E-state index contributed by atoms with van der Waals surface area (Å²) in [6.07, 6.45) is 3.02. The van der Waals surface area contributed by atoms with Gasteiger partial charge in [-0.15, -0.1) is 0 Å². The SMILES string of the molecule is Cc1ccc(Oc2ccc(S(=O)(=O)Nc3ncns3)cc2C#N)c(-c2c(C)cnn2C)c1. The van der Waals surface area contributed by atoms with Gasteiger partial charge in [-0.1, -0.05) is 11.6 Å². The molecule has 0 bridgehead atoms. The highest BCUT2D eigenvalue weighted by atomic mass is 32.2. The summed E-state index contributed by atoms with van der Waals surface area (Å²) >= 11 is 0.915. The zero-order chi connectivity index (χ0) is 22.9. The van der Waals surface area contributed by atoms with Crippen LogP contribution in [-0.4, -0.2) is 27.6 Å². The van der Waals surface area contributed by atoms with E-state index in [4.69, 9.17) is 4.74 Å². The minimum Gasteiger partial charge on any atom is -0.455 e. The molecule has 0 amide bonds. The standard InChI is InChI=1S/C21H18N6O3S2/c1-13-4-6-19(17(8-13)20-14(2)11-24-27(20)3)30-18-7-5-16(9-15(18)10-22)32(28,29)26-21-23-12-25-31-21/h4-9,11-12H,1-3H3,(H,23,25,26). The minimum atomic E-state index is -3.93. The number of sulfonamides is 1. The summed E-state index contributed by atoms with van der Waals surface area (Å²) in [7, 11) is -2.08. The highest BCUT2D eigenvalue weighted by Crippen LogP contribution is 2.37. The Morgan fingerprint density at radius 1 is 1.16 bits per heavy atom. The number of anilines is 1. The second-order valence-electron chi connectivity index (χ2n) is 7.02. The van der Waals surface area contributed by atoms with Crippen molar-refractivity contribution in [3.8, 4) is 28.8 Å². The third-order valence-electron chi connectivity index (χ3n) is 4.70. The third-order valence-corrected chi connectivity index (χ3v) is 6.74. The van der Waals surface area contributed by atoms with Crippen molar-refractivity contribution in [1.29, 1.82) is 5.26 Å². The molecule has 162 valence electrons. The van der Waals surface area contributed by atoms with Crippen molar-refractivity contribution in [2.24, 2.45) is 7.05 Å². The molecule has 4 rings (SSSR count). The molecule has 0 radical (unpaired) electrons. The van der Waals surface area contributed by atoms with E-state index >= 15 is 0 Å². The number of nitrogens with one attached hydrogen (secondary N) is 1. The van der Waals surface area contributed by atoms with E-state index in [0.29, 0.717) is 5.75 Å². The van der Waals surface area contributed by atoms with Crippen molar-refractivity contribution in [3.05, 3.63) is 65.6 Å². The number of hydrogen-bond acceptors (Lipinski definition) is 8. The molecular formula is C21H18N6O3S2. The molecule has 2 aromatic carbocycles. The van der Waals surface area contributed by atoms with Gasteiger partial charge in [0.15, 0.2) is 0 Å². The first-order chi connectivity index (χ1) is 15.3. The van der Waals surface area contributed by atoms with Crippen LogP contribution in [0, 0.1) is 25.2 Å². The first kappa shape index (κ1) is 21.5. The van der Waals surface area contributed by atoms with E-state index in [0.717, 1.165) is 33.9 Å². The maximum absolute atomic E-state index is 12.6. The summed E-state index contributed by atoms with van der Waals surface area (Å²) in [6.45, 7) is 3.93. The normalized spacial score (nSPS) is 11.2. The third kappa shape index (κ3) is 4.18. The van der Waals surface area contributed by atoms with Gasteiger partial charge in [0.2, 0.25) is 5.13 Å². The van der Waals surface area contributed by atoms with Crippen molar-refractivity contribution < 1.29 is 13.2 Å². The Labute approximate surface area is 189 Å². The monoisotopic (exact) mass is 466 g/mol. The Morgan fingerprint density at radius 3 is 2.59 bits per heavy atom. The van der Waals surface area contributed by atoms with Gasteiger partial charge >= 0.3 is 0 Å². The molecule has 11 heteroatoms. The largest absolute Gasteiger partial charge is 0.455 e. The lowest BCUT2D eigenvalue weighted by Gasteiger charge is -2.15. The average molecular weight is 467 g/mol. The summed E-state index contributed by atoms with van der Waals surface area (Å²) in [6, 6.07) is 11.8. The van der Waals surface area contributed by atoms with E-state index in [1.807, 2.05) is 45.2 Å².